The van der Waals surface area contributed by atoms with Gasteiger partial charge in [-0.15, -0.1) is 0 Å². The second-order valence-electron chi connectivity index (χ2n) is 5.85. The second-order valence-corrected chi connectivity index (χ2v) is 5.85. The normalized spacial score (nSPS) is 14.6. The third-order valence-electron chi connectivity index (χ3n) is 4.14. The molecule has 1 heterocycles. The van der Waals surface area contributed by atoms with E-state index in [2.05, 4.69) is 37.0 Å². The molecule has 0 spiro atoms. The smallest absolute Gasteiger partial charge is 0.410 e. The van der Waals surface area contributed by atoms with E-state index in [4.69, 9.17) is 4.74 Å². The van der Waals surface area contributed by atoms with Crippen molar-refractivity contribution in [1.29, 1.82) is 0 Å². The highest BCUT2D eigenvalue weighted by atomic mass is 16.6. The maximum absolute atomic E-state index is 12.1. The number of piperazine rings is 1. The van der Waals surface area contributed by atoms with E-state index in [0.717, 1.165) is 18.7 Å². The van der Waals surface area contributed by atoms with Gasteiger partial charge in [0.05, 0.1) is 0 Å². The maximum atomic E-state index is 12.1. The molecule has 5 heteroatoms. The number of nitrogens with zero attached hydrogens (tertiary/aromatic N) is 2. The summed E-state index contributed by atoms with van der Waals surface area (Å²) in [5, 5.41) is 0. The monoisotopic (exact) mass is 308 g/mol. The Labute approximate surface area is 138 Å². The van der Waals surface area contributed by atoms with E-state index in [-0.39, 0.29) is 6.09 Å². The summed E-state index contributed by atoms with van der Waals surface area (Å²) in [5.41, 5.74) is 3.49. The number of anilines is 1. The van der Waals surface area contributed by atoms with Gasteiger partial charge in [-0.25, -0.2) is 4.79 Å². The van der Waals surface area contributed by atoms with Gasteiger partial charge in [0, 0.05) is 31.9 Å². The summed E-state index contributed by atoms with van der Waals surface area (Å²) in [6.07, 6.45) is -0.225. The molecule has 0 aromatic heterocycles. The van der Waals surface area contributed by atoms with E-state index < -0.39 is 0 Å². The molecular formula is C18H21BN2O2. The number of carbonyl (C=O) groups excluding carboxylic acids is 1. The third kappa shape index (κ3) is 4.06. The predicted molar refractivity (Wildman–Crippen MR) is 95.0 cm³/mol. The molecule has 1 fully saturated rings. The Balaban J connectivity index is 1.48. The van der Waals surface area contributed by atoms with Gasteiger partial charge in [-0.2, -0.15) is 0 Å². The van der Waals surface area contributed by atoms with Crippen LogP contribution in [0, 0.1) is 0 Å². The molecule has 0 unspecified atom stereocenters. The lowest BCUT2D eigenvalue weighted by Gasteiger charge is -2.35. The molecule has 0 atom stereocenters. The van der Waals surface area contributed by atoms with Crippen LogP contribution >= 0.6 is 0 Å². The molecule has 1 aliphatic rings. The maximum Gasteiger partial charge on any atom is 0.410 e. The van der Waals surface area contributed by atoms with Crippen LogP contribution in [-0.2, 0) is 11.3 Å². The van der Waals surface area contributed by atoms with E-state index in [9.17, 15) is 4.79 Å². The summed E-state index contributed by atoms with van der Waals surface area (Å²) >= 11 is 0. The van der Waals surface area contributed by atoms with Crippen LogP contribution in [0.5, 0.6) is 0 Å². The molecule has 0 saturated carbocycles. The van der Waals surface area contributed by atoms with E-state index >= 15 is 0 Å². The van der Waals surface area contributed by atoms with Crippen LogP contribution in [-0.4, -0.2) is 45.0 Å². The van der Waals surface area contributed by atoms with Crippen LogP contribution in [0.25, 0.3) is 0 Å². The highest BCUT2D eigenvalue weighted by molar-refractivity contribution is 6.32. The molecule has 1 aliphatic heterocycles. The molecule has 23 heavy (non-hydrogen) atoms. The number of amides is 1. The number of benzene rings is 2. The van der Waals surface area contributed by atoms with Gasteiger partial charge in [-0.1, -0.05) is 47.9 Å². The first kappa shape index (κ1) is 15.5. The number of hydrogen-bond donors (Lipinski definition) is 0. The Hall–Kier alpha value is -2.43. The highest BCUT2D eigenvalue weighted by Gasteiger charge is 2.22. The third-order valence-corrected chi connectivity index (χ3v) is 4.14. The van der Waals surface area contributed by atoms with Crippen molar-refractivity contribution in [3.63, 3.8) is 0 Å². The summed E-state index contributed by atoms with van der Waals surface area (Å²) < 4.78 is 5.39. The van der Waals surface area contributed by atoms with Crippen LogP contribution in [0.15, 0.2) is 54.6 Å². The fourth-order valence-electron chi connectivity index (χ4n) is 2.71. The fraction of sp³-hybridized carbons (Fsp3) is 0.278. The minimum absolute atomic E-state index is 0.225. The average molecular weight is 308 g/mol. The van der Waals surface area contributed by atoms with Gasteiger partial charge in [0.15, 0.2) is 0 Å². The van der Waals surface area contributed by atoms with Crippen LogP contribution in [0.2, 0.25) is 0 Å². The zero-order chi connectivity index (χ0) is 16.1. The molecule has 0 radical (unpaired) electrons. The summed E-state index contributed by atoms with van der Waals surface area (Å²) in [6.45, 7) is 3.40. The zero-order valence-corrected chi connectivity index (χ0v) is 13.4. The van der Waals surface area contributed by atoms with Gasteiger partial charge in [0.25, 0.3) is 0 Å². The standard InChI is InChI=1S/C18H21BN2O2/c19-16-6-8-17(9-7-16)20-10-12-21(13-11-20)18(22)23-14-15-4-2-1-3-5-15/h1-9H,10-14,19H2. The Morgan fingerprint density at radius 1 is 0.957 bits per heavy atom. The topological polar surface area (TPSA) is 32.8 Å². The van der Waals surface area contributed by atoms with Crippen molar-refractivity contribution in [2.24, 2.45) is 0 Å². The van der Waals surface area contributed by atoms with Crippen molar-refractivity contribution in [2.75, 3.05) is 31.1 Å². The predicted octanol–water partition coefficient (Wildman–Crippen LogP) is 1.40. The number of carbonyl (C=O) groups is 1. The van der Waals surface area contributed by atoms with Crippen molar-refractivity contribution >= 4 is 25.1 Å². The van der Waals surface area contributed by atoms with Crippen LogP contribution in [0.1, 0.15) is 5.56 Å². The Kier molecular flexibility index (Phi) is 4.86. The molecule has 0 bridgehead atoms. The quantitative estimate of drug-likeness (QED) is 0.804. The van der Waals surface area contributed by atoms with Gasteiger partial charge < -0.3 is 14.5 Å². The molecule has 118 valence electrons. The van der Waals surface area contributed by atoms with Gasteiger partial charge in [0.2, 0.25) is 0 Å². The first-order chi connectivity index (χ1) is 11.2. The lowest BCUT2D eigenvalue weighted by molar-refractivity contribution is 0.0942. The van der Waals surface area contributed by atoms with Crippen molar-refractivity contribution in [3.8, 4) is 0 Å². The van der Waals surface area contributed by atoms with Gasteiger partial charge in [0.1, 0.15) is 14.5 Å². The lowest BCUT2D eigenvalue weighted by atomic mass is 9.96. The molecule has 1 saturated heterocycles. The fourth-order valence-corrected chi connectivity index (χ4v) is 2.71. The van der Waals surface area contributed by atoms with E-state index in [1.165, 1.54) is 11.2 Å². The lowest BCUT2D eigenvalue weighted by Crippen LogP contribution is -2.49. The van der Waals surface area contributed by atoms with E-state index in [1.54, 1.807) is 4.90 Å². The summed E-state index contributed by atoms with van der Waals surface area (Å²) in [5.74, 6) is 0. The van der Waals surface area contributed by atoms with Crippen molar-refractivity contribution < 1.29 is 9.53 Å². The molecule has 0 N–H and O–H groups in total. The molecule has 4 nitrogen and oxygen atoms in total. The van der Waals surface area contributed by atoms with E-state index in [0.29, 0.717) is 19.7 Å². The Bertz CT molecular complexity index is 638. The van der Waals surface area contributed by atoms with Crippen molar-refractivity contribution in [1.82, 2.24) is 4.90 Å². The second kappa shape index (κ2) is 7.22. The number of ether oxygens (including phenoxy) is 1. The van der Waals surface area contributed by atoms with Gasteiger partial charge in [-0.3, -0.25) is 0 Å². The molecule has 3 rings (SSSR count). The first-order valence-corrected chi connectivity index (χ1v) is 7.99. The Morgan fingerprint density at radius 3 is 2.26 bits per heavy atom. The molecule has 0 aliphatic carbocycles. The number of hydrogen-bond acceptors (Lipinski definition) is 3. The zero-order valence-electron chi connectivity index (χ0n) is 13.4. The first-order valence-electron chi connectivity index (χ1n) is 7.99. The minimum Gasteiger partial charge on any atom is -0.445 e. The molecular weight excluding hydrogens is 287 g/mol. The average Bonchev–Trinajstić information content (AvgIpc) is 2.61. The van der Waals surface area contributed by atoms with Crippen molar-refractivity contribution in [2.45, 2.75) is 6.61 Å². The highest BCUT2D eigenvalue weighted by Crippen LogP contribution is 2.15. The minimum atomic E-state index is -0.225. The largest absolute Gasteiger partial charge is 0.445 e. The molecule has 2 aromatic rings. The van der Waals surface area contributed by atoms with Crippen LogP contribution in [0.4, 0.5) is 10.5 Å². The van der Waals surface area contributed by atoms with Gasteiger partial charge in [-0.05, 0) is 17.7 Å². The van der Waals surface area contributed by atoms with Crippen LogP contribution in [0.3, 0.4) is 0 Å². The van der Waals surface area contributed by atoms with E-state index in [1.807, 2.05) is 30.3 Å². The van der Waals surface area contributed by atoms with Gasteiger partial charge >= 0.3 is 6.09 Å². The molecule has 1 amide bonds. The molecule has 2 aromatic carbocycles. The Morgan fingerprint density at radius 2 is 1.61 bits per heavy atom. The van der Waals surface area contributed by atoms with Crippen molar-refractivity contribution in [3.05, 3.63) is 60.2 Å². The van der Waals surface area contributed by atoms with Crippen LogP contribution < -0.4 is 10.4 Å². The summed E-state index contributed by atoms with van der Waals surface area (Å²) in [6, 6.07) is 18.3. The number of rotatable bonds is 3. The SMILES string of the molecule is Bc1ccc(N2CCN(C(=O)OCc3ccccc3)CC2)cc1. The summed E-state index contributed by atoms with van der Waals surface area (Å²) in [7, 11) is 2.09. The summed E-state index contributed by atoms with van der Waals surface area (Å²) in [4.78, 5) is 16.2.